The molecule has 1 atom stereocenters. The van der Waals surface area contributed by atoms with Crippen molar-refractivity contribution in [2.24, 2.45) is 10.4 Å². The van der Waals surface area contributed by atoms with Crippen LogP contribution in [0.3, 0.4) is 0 Å². The summed E-state index contributed by atoms with van der Waals surface area (Å²) < 4.78 is 28.6. The molecule has 0 fully saturated rings. The molecule has 2 heterocycles. The number of methoxy groups -OCH3 is 2. The molecule has 5 rings (SSSR count). The van der Waals surface area contributed by atoms with Crippen molar-refractivity contribution in [1.82, 2.24) is 0 Å². The maximum absolute atomic E-state index is 13.8. The van der Waals surface area contributed by atoms with Gasteiger partial charge in [0.05, 0.1) is 57.4 Å². The Balaban J connectivity index is 1.31. The van der Waals surface area contributed by atoms with Crippen molar-refractivity contribution in [2.45, 2.75) is 53.2 Å². The van der Waals surface area contributed by atoms with Crippen molar-refractivity contribution in [1.29, 1.82) is 0 Å². The maximum Gasteiger partial charge on any atom is 0.261 e. The van der Waals surface area contributed by atoms with E-state index in [1.807, 2.05) is 35.4 Å². The van der Waals surface area contributed by atoms with Crippen LogP contribution in [0, 0.1) is 5.41 Å². The van der Waals surface area contributed by atoms with Gasteiger partial charge in [-0.05, 0) is 52.8 Å². The van der Waals surface area contributed by atoms with Gasteiger partial charge in [-0.1, -0.05) is 52.0 Å². The number of nitrogens with zero attached hydrogens (tertiary/aromatic N) is 3. The van der Waals surface area contributed by atoms with Crippen LogP contribution in [0.5, 0.6) is 11.5 Å². The second kappa shape index (κ2) is 15.8. The number of hydrogen-bond acceptors (Lipinski definition) is 8. The molecule has 1 amide bonds. The van der Waals surface area contributed by atoms with E-state index in [0.29, 0.717) is 62.4 Å². The largest absolute Gasteiger partial charge is 0.493 e. The third kappa shape index (κ3) is 8.71. The SMILES string of the molecule is CCc1cc(COc2cc3c(cc2OC)C(=O)N2c4ccccc4C[C@H]2C=N3)cc(N(CCOCCOCCOC)CC(C)(C)C)c1. The van der Waals surface area contributed by atoms with Gasteiger partial charge >= 0.3 is 0 Å². The minimum absolute atomic E-state index is 0.0841. The van der Waals surface area contributed by atoms with Gasteiger partial charge in [0.2, 0.25) is 0 Å². The quantitative estimate of drug-likeness (QED) is 0.162. The van der Waals surface area contributed by atoms with Gasteiger partial charge in [-0.3, -0.25) is 14.7 Å². The van der Waals surface area contributed by atoms with E-state index in [1.54, 1.807) is 20.3 Å². The molecule has 0 N–H and O–H groups in total. The minimum atomic E-state index is -0.117. The highest BCUT2D eigenvalue weighted by molar-refractivity contribution is 6.14. The molecule has 0 saturated carbocycles. The van der Waals surface area contributed by atoms with Crippen molar-refractivity contribution in [2.75, 3.05) is 70.1 Å². The number of aryl methyl sites for hydroxylation is 1. The lowest BCUT2D eigenvalue weighted by Gasteiger charge is -2.32. The third-order valence-electron chi connectivity index (χ3n) is 8.31. The zero-order valence-electron chi connectivity index (χ0n) is 28.7. The zero-order valence-corrected chi connectivity index (χ0v) is 28.7. The lowest BCUT2D eigenvalue weighted by Crippen LogP contribution is -2.37. The Labute approximate surface area is 279 Å². The second-order valence-electron chi connectivity index (χ2n) is 13.2. The molecule has 2 aliphatic rings. The van der Waals surface area contributed by atoms with Crippen LogP contribution in [0.15, 0.2) is 59.6 Å². The van der Waals surface area contributed by atoms with E-state index in [1.165, 1.54) is 5.56 Å². The highest BCUT2D eigenvalue weighted by atomic mass is 16.5. The van der Waals surface area contributed by atoms with Crippen LogP contribution in [-0.4, -0.2) is 78.5 Å². The summed E-state index contributed by atoms with van der Waals surface area (Å²) in [7, 11) is 3.27. The molecule has 0 bridgehead atoms. The van der Waals surface area contributed by atoms with E-state index in [9.17, 15) is 4.79 Å². The number of fused-ring (bicyclic) bond motifs is 4. The number of hydrogen-bond donors (Lipinski definition) is 0. The van der Waals surface area contributed by atoms with Crippen LogP contribution in [0.4, 0.5) is 17.1 Å². The van der Waals surface area contributed by atoms with Crippen LogP contribution in [0.1, 0.15) is 54.7 Å². The molecule has 252 valence electrons. The summed E-state index contributed by atoms with van der Waals surface area (Å²) in [6.07, 6.45) is 3.52. The molecule has 3 aromatic carbocycles. The zero-order chi connectivity index (χ0) is 33.4. The lowest BCUT2D eigenvalue weighted by atomic mass is 9.95. The molecule has 0 saturated heterocycles. The summed E-state index contributed by atoms with van der Waals surface area (Å²) in [5, 5.41) is 0. The summed E-state index contributed by atoms with van der Waals surface area (Å²) >= 11 is 0. The van der Waals surface area contributed by atoms with E-state index < -0.39 is 0 Å². The highest BCUT2D eigenvalue weighted by Crippen LogP contribution is 2.41. The van der Waals surface area contributed by atoms with Gasteiger partial charge in [0.25, 0.3) is 5.91 Å². The molecule has 0 aromatic heterocycles. The van der Waals surface area contributed by atoms with E-state index in [2.05, 4.69) is 56.9 Å². The fraction of sp³-hybridized carbons (Fsp3) is 0.474. The normalized spacial score (nSPS) is 15.2. The first-order valence-corrected chi connectivity index (χ1v) is 16.5. The summed E-state index contributed by atoms with van der Waals surface area (Å²) in [6, 6.07) is 18.2. The second-order valence-corrected chi connectivity index (χ2v) is 13.2. The standard InChI is InChI=1S/C38H49N3O6/c1-7-27-18-28(20-30(19-27)40(26-38(2,3)4)12-13-45-16-17-46-15-14-43-5)25-47-36-23-33-32(22-35(36)44-6)37(42)41-31(24-39-33)21-29-10-8-9-11-34(29)41/h8-11,18-20,22-24,31H,7,12-17,21,25-26H2,1-6H3/t31-/m0/s1. The molecule has 47 heavy (non-hydrogen) atoms. The van der Waals surface area contributed by atoms with Gasteiger partial charge in [-0.15, -0.1) is 0 Å². The average Bonchev–Trinajstić information content (AvgIpc) is 3.38. The van der Waals surface area contributed by atoms with Gasteiger partial charge in [0.15, 0.2) is 11.5 Å². The van der Waals surface area contributed by atoms with Gasteiger partial charge in [-0.2, -0.15) is 0 Å². The maximum atomic E-state index is 13.8. The monoisotopic (exact) mass is 643 g/mol. The van der Waals surface area contributed by atoms with Gasteiger partial charge in [0.1, 0.15) is 6.61 Å². The first-order chi connectivity index (χ1) is 22.7. The van der Waals surface area contributed by atoms with Crippen molar-refractivity contribution >= 4 is 29.2 Å². The number of ether oxygens (including phenoxy) is 5. The van der Waals surface area contributed by atoms with Gasteiger partial charge < -0.3 is 28.6 Å². The number of carbonyl (C=O) groups excluding carboxylic acids is 1. The first kappa shape index (κ1) is 34.4. The Morgan fingerprint density at radius 1 is 0.915 bits per heavy atom. The van der Waals surface area contributed by atoms with Crippen LogP contribution in [-0.2, 0) is 33.7 Å². The first-order valence-electron chi connectivity index (χ1n) is 16.5. The van der Waals surface area contributed by atoms with E-state index in [-0.39, 0.29) is 17.4 Å². The molecule has 2 aliphatic heterocycles. The molecule has 9 nitrogen and oxygen atoms in total. The predicted octanol–water partition coefficient (Wildman–Crippen LogP) is 6.66. The van der Waals surface area contributed by atoms with Crippen LogP contribution >= 0.6 is 0 Å². The summed E-state index contributed by atoms with van der Waals surface area (Å²) in [6.45, 7) is 13.7. The molecular weight excluding hydrogens is 594 g/mol. The average molecular weight is 644 g/mol. The molecule has 3 aromatic rings. The number of para-hydroxylation sites is 1. The molecular formula is C38H49N3O6. The Bertz CT molecular complexity index is 1550. The molecule has 0 unspecified atom stereocenters. The predicted molar refractivity (Wildman–Crippen MR) is 187 cm³/mol. The summed E-state index contributed by atoms with van der Waals surface area (Å²) in [4.78, 5) is 22.8. The molecule has 9 heteroatoms. The summed E-state index contributed by atoms with van der Waals surface area (Å²) in [5.41, 5.74) is 6.69. The molecule has 0 radical (unpaired) electrons. The highest BCUT2D eigenvalue weighted by Gasteiger charge is 2.36. The molecule has 0 aliphatic carbocycles. The van der Waals surface area contributed by atoms with Crippen molar-refractivity contribution in [3.05, 3.63) is 76.9 Å². The van der Waals surface area contributed by atoms with Gasteiger partial charge in [0, 0.05) is 50.3 Å². The minimum Gasteiger partial charge on any atom is -0.493 e. The smallest absolute Gasteiger partial charge is 0.261 e. The van der Waals surface area contributed by atoms with Crippen LogP contribution in [0.2, 0.25) is 0 Å². The van der Waals surface area contributed by atoms with E-state index >= 15 is 0 Å². The van der Waals surface area contributed by atoms with Crippen LogP contribution < -0.4 is 19.3 Å². The number of rotatable bonds is 16. The number of benzene rings is 3. The van der Waals surface area contributed by atoms with Crippen LogP contribution in [0.25, 0.3) is 0 Å². The fourth-order valence-electron chi connectivity index (χ4n) is 6.07. The Kier molecular flexibility index (Phi) is 11.6. The Hall–Kier alpha value is -3.92. The lowest BCUT2D eigenvalue weighted by molar-refractivity contribution is 0.0263. The van der Waals surface area contributed by atoms with Crippen molar-refractivity contribution in [3.8, 4) is 11.5 Å². The topological polar surface area (TPSA) is 82.1 Å². The van der Waals surface area contributed by atoms with Crippen molar-refractivity contribution < 1.29 is 28.5 Å². The van der Waals surface area contributed by atoms with E-state index in [0.717, 1.165) is 48.4 Å². The Morgan fingerprint density at radius 2 is 1.66 bits per heavy atom. The number of aliphatic imine (C=N–C) groups is 1. The number of carbonyl (C=O) groups is 1. The fourth-order valence-corrected chi connectivity index (χ4v) is 6.07. The number of amides is 1. The summed E-state index contributed by atoms with van der Waals surface area (Å²) in [5.74, 6) is 0.969. The molecule has 0 spiro atoms. The Morgan fingerprint density at radius 3 is 2.40 bits per heavy atom. The van der Waals surface area contributed by atoms with Gasteiger partial charge in [-0.25, -0.2) is 0 Å². The van der Waals surface area contributed by atoms with E-state index in [4.69, 9.17) is 28.7 Å². The van der Waals surface area contributed by atoms with Crippen molar-refractivity contribution in [3.63, 3.8) is 0 Å². The number of anilines is 2. The third-order valence-corrected chi connectivity index (χ3v) is 8.31.